The number of carbonyl (C=O) groups excluding carboxylic acids is 3. The Labute approximate surface area is 247 Å². The second kappa shape index (κ2) is 13.6. The van der Waals surface area contributed by atoms with Crippen molar-refractivity contribution in [2.24, 2.45) is 5.73 Å². The molecule has 218 valence electrons. The van der Waals surface area contributed by atoms with Gasteiger partial charge >= 0.3 is 0 Å². The first-order valence-electron chi connectivity index (χ1n) is 15.0. The smallest absolute Gasteiger partial charge is 0.237 e. The maximum Gasteiger partial charge on any atom is 0.237 e. The van der Waals surface area contributed by atoms with Crippen LogP contribution in [-0.4, -0.2) is 46.1 Å². The normalized spacial score (nSPS) is 15.7. The van der Waals surface area contributed by atoms with E-state index in [1.165, 1.54) is 5.56 Å². The molecule has 0 bridgehead atoms. The molecule has 2 amide bonds. The summed E-state index contributed by atoms with van der Waals surface area (Å²) in [7, 11) is 0. The van der Waals surface area contributed by atoms with Crippen LogP contribution in [0, 0.1) is 0 Å². The Morgan fingerprint density at radius 3 is 2.40 bits per heavy atom. The molecule has 0 fully saturated rings. The zero-order valence-electron chi connectivity index (χ0n) is 24.3. The first-order chi connectivity index (χ1) is 20.4. The monoisotopic (exact) mass is 564 g/mol. The summed E-state index contributed by atoms with van der Waals surface area (Å²) in [6, 6.07) is 25.5. The number of aromatic amines is 1. The van der Waals surface area contributed by atoms with Gasteiger partial charge in [0.1, 0.15) is 5.78 Å². The van der Waals surface area contributed by atoms with Crippen LogP contribution in [0.25, 0.3) is 22.2 Å². The largest absolute Gasteiger partial charge is 0.368 e. The van der Waals surface area contributed by atoms with Crippen LogP contribution in [0.15, 0.2) is 78.9 Å². The van der Waals surface area contributed by atoms with Crippen LogP contribution >= 0.6 is 0 Å². The molecule has 0 unspecified atom stereocenters. The fraction of sp³-hybridized carbons (Fsp3) is 0.343. The number of benzene rings is 3. The molecule has 0 spiro atoms. The minimum Gasteiger partial charge on any atom is -0.368 e. The summed E-state index contributed by atoms with van der Waals surface area (Å²) in [5.41, 5.74) is 12.5. The maximum atomic E-state index is 13.9. The molecule has 3 aromatic carbocycles. The zero-order valence-corrected chi connectivity index (χ0v) is 24.3. The number of unbranched alkanes of at least 4 members (excludes halogenated alkanes) is 2. The first-order valence-corrected chi connectivity index (χ1v) is 15.0. The van der Waals surface area contributed by atoms with Crippen molar-refractivity contribution in [2.75, 3.05) is 6.54 Å². The summed E-state index contributed by atoms with van der Waals surface area (Å²) < 4.78 is 0. The van der Waals surface area contributed by atoms with Crippen molar-refractivity contribution in [1.29, 1.82) is 0 Å². The number of nitrogens with zero attached hydrogens (tertiary/aromatic N) is 1. The number of fused-ring (bicyclic) bond motifs is 2. The van der Waals surface area contributed by atoms with Crippen molar-refractivity contribution >= 4 is 28.5 Å². The van der Waals surface area contributed by atoms with Gasteiger partial charge in [-0.05, 0) is 60.9 Å². The third kappa shape index (κ3) is 6.80. The van der Waals surface area contributed by atoms with Crippen molar-refractivity contribution in [3.8, 4) is 11.3 Å². The van der Waals surface area contributed by atoms with E-state index in [1.54, 1.807) is 6.92 Å². The highest BCUT2D eigenvalue weighted by atomic mass is 16.2. The topological polar surface area (TPSA) is 108 Å². The molecule has 0 radical (unpaired) electrons. The molecule has 4 N–H and O–H groups in total. The van der Waals surface area contributed by atoms with Gasteiger partial charge in [0.25, 0.3) is 0 Å². The molecule has 4 aromatic rings. The zero-order chi connectivity index (χ0) is 29.5. The number of rotatable bonds is 13. The lowest BCUT2D eigenvalue weighted by molar-refractivity contribution is -0.132. The highest BCUT2D eigenvalue weighted by Gasteiger charge is 2.37. The van der Waals surface area contributed by atoms with E-state index in [0.29, 0.717) is 38.8 Å². The Balaban J connectivity index is 1.34. The van der Waals surface area contributed by atoms with E-state index in [2.05, 4.69) is 40.6 Å². The Morgan fingerprint density at radius 2 is 1.64 bits per heavy atom. The molecule has 7 heteroatoms. The summed E-state index contributed by atoms with van der Waals surface area (Å²) in [5, 5.41) is 4.35. The third-order valence-corrected chi connectivity index (χ3v) is 8.37. The number of hydrogen-bond acceptors (Lipinski definition) is 4. The summed E-state index contributed by atoms with van der Waals surface area (Å²) in [4.78, 5) is 43.5. The fourth-order valence-electron chi connectivity index (χ4n) is 6.21. The number of Topliss-reactive ketones (excluding diaryl/α,β-unsaturated/α-hetero) is 1. The van der Waals surface area contributed by atoms with Gasteiger partial charge in [0.05, 0.1) is 12.1 Å². The van der Waals surface area contributed by atoms with Gasteiger partial charge in [0.2, 0.25) is 11.8 Å². The lowest BCUT2D eigenvalue weighted by Crippen LogP contribution is -2.57. The second-order valence-electron chi connectivity index (χ2n) is 11.3. The average molecular weight is 565 g/mol. The van der Waals surface area contributed by atoms with Gasteiger partial charge in [0.15, 0.2) is 0 Å². The second-order valence-corrected chi connectivity index (χ2v) is 11.3. The Bertz CT molecular complexity index is 1540. The van der Waals surface area contributed by atoms with E-state index in [4.69, 9.17) is 5.73 Å². The van der Waals surface area contributed by atoms with Gasteiger partial charge in [-0.25, -0.2) is 0 Å². The molecule has 1 aliphatic rings. The summed E-state index contributed by atoms with van der Waals surface area (Å²) in [6.45, 7) is 2.57. The lowest BCUT2D eigenvalue weighted by Gasteiger charge is -2.40. The van der Waals surface area contributed by atoms with E-state index in [1.807, 2.05) is 53.4 Å². The van der Waals surface area contributed by atoms with Crippen molar-refractivity contribution in [3.63, 3.8) is 0 Å². The SMILES string of the molecule is CC(=O)CCCCC[C@@H](C(=O)NCCc1c(-c2ccccc2)[nH]c2ccccc12)N1Cc2ccccc2C[C@H]1C(N)=O. The van der Waals surface area contributed by atoms with E-state index >= 15 is 0 Å². The van der Waals surface area contributed by atoms with Gasteiger partial charge in [-0.15, -0.1) is 0 Å². The number of primary amides is 1. The molecule has 2 atom stereocenters. The molecule has 1 aliphatic heterocycles. The molecular weight excluding hydrogens is 524 g/mol. The Kier molecular flexibility index (Phi) is 9.49. The lowest BCUT2D eigenvalue weighted by atomic mass is 9.90. The van der Waals surface area contributed by atoms with Crippen molar-refractivity contribution in [3.05, 3.63) is 95.6 Å². The summed E-state index contributed by atoms with van der Waals surface area (Å²) >= 11 is 0. The number of amides is 2. The summed E-state index contributed by atoms with van der Waals surface area (Å²) in [5.74, 6) is -0.323. The number of nitrogens with one attached hydrogen (secondary N) is 2. The number of H-pyrrole nitrogens is 1. The predicted octanol–water partition coefficient (Wildman–Crippen LogP) is 5.31. The van der Waals surface area contributed by atoms with Crippen LogP contribution < -0.4 is 11.1 Å². The van der Waals surface area contributed by atoms with Gasteiger partial charge in [-0.3, -0.25) is 14.5 Å². The quantitative estimate of drug-likeness (QED) is 0.191. The molecule has 0 saturated carbocycles. The molecule has 2 heterocycles. The average Bonchev–Trinajstić information content (AvgIpc) is 3.37. The highest BCUT2D eigenvalue weighted by Crippen LogP contribution is 2.31. The number of hydrogen-bond donors (Lipinski definition) is 3. The Morgan fingerprint density at radius 1 is 0.929 bits per heavy atom. The molecule has 42 heavy (non-hydrogen) atoms. The van der Waals surface area contributed by atoms with Crippen LogP contribution in [-0.2, 0) is 33.8 Å². The van der Waals surface area contributed by atoms with Crippen LogP contribution in [0.3, 0.4) is 0 Å². The van der Waals surface area contributed by atoms with Crippen LogP contribution in [0.1, 0.15) is 55.7 Å². The standard InChI is InChI=1S/C35H40N4O3/c1-24(40)12-4-2-7-19-31(39-23-27-16-9-8-15-26(27)22-32(39)34(36)41)35(42)37-21-20-29-28-17-10-11-18-30(28)38-33(29)25-13-5-3-6-14-25/h3,5-6,8-11,13-18,31-32,38H,2,4,7,12,19-23H2,1H3,(H2,36,41)(H,37,42)/t31-,32-/m0/s1. The molecule has 1 aromatic heterocycles. The van der Waals surface area contributed by atoms with Gasteiger partial charge in [-0.1, -0.05) is 85.6 Å². The first kappa shape index (κ1) is 29.3. The van der Waals surface area contributed by atoms with Crippen molar-refractivity contribution in [1.82, 2.24) is 15.2 Å². The highest BCUT2D eigenvalue weighted by molar-refractivity contribution is 5.91. The number of aromatic nitrogens is 1. The number of ketones is 1. The van der Waals surface area contributed by atoms with Gasteiger partial charge < -0.3 is 20.8 Å². The molecule has 0 saturated heterocycles. The third-order valence-electron chi connectivity index (χ3n) is 8.37. The minimum atomic E-state index is -0.550. The maximum absolute atomic E-state index is 13.9. The van der Waals surface area contributed by atoms with Crippen molar-refractivity contribution in [2.45, 2.75) is 70.5 Å². The van der Waals surface area contributed by atoms with E-state index < -0.39 is 18.0 Å². The van der Waals surface area contributed by atoms with E-state index in [-0.39, 0.29) is 11.7 Å². The van der Waals surface area contributed by atoms with Crippen LogP contribution in [0.2, 0.25) is 0 Å². The number of carbonyl (C=O) groups is 3. The minimum absolute atomic E-state index is 0.0895. The van der Waals surface area contributed by atoms with Crippen LogP contribution in [0.5, 0.6) is 0 Å². The molecule has 7 nitrogen and oxygen atoms in total. The van der Waals surface area contributed by atoms with Crippen molar-refractivity contribution < 1.29 is 14.4 Å². The number of para-hydroxylation sites is 1. The van der Waals surface area contributed by atoms with Crippen LogP contribution in [0.4, 0.5) is 0 Å². The fourth-order valence-corrected chi connectivity index (χ4v) is 6.21. The van der Waals surface area contributed by atoms with E-state index in [0.717, 1.165) is 52.5 Å². The van der Waals surface area contributed by atoms with Gasteiger partial charge in [-0.2, -0.15) is 0 Å². The predicted molar refractivity (Wildman–Crippen MR) is 167 cm³/mol. The number of nitrogens with two attached hydrogens (primary N) is 1. The summed E-state index contributed by atoms with van der Waals surface area (Å²) in [6.07, 6.45) is 4.74. The van der Waals surface area contributed by atoms with Gasteiger partial charge in [0, 0.05) is 36.1 Å². The molecule has 0 aliphatic carbocycles. The molecule has 5 rings (SSSR count). The molecular formula is C35H40N4O3. The van der Waals surface area contributed by atoms with E-state index in [9.17, 15) is 14.4 Å². The Hall–Kier alpha value is -4.23.